The first-order valence-electron chi connectivity index (χ1n) is 9.72. The molecule has 28 heavy (non-hydrogen) atoms. The number of para-hydroxylation sites is 1. The fourth-order valence-electron chi connectivity index (χ4n) is 2.58. The predicted octanol–water partition coefficient (Wildman–Crippen LogP) is 5.14. The summed E-state index contributed by atoms with van der Waals surface area (Å²) < 4.78 is 11.4. The standard InChI is InChI=1S/C22H31NO4Si/c1-28(2,3)16-15-26-22(25)23(13-8-14-24)18-19-9-7-12-21(17-19)27-20-10-5-4-6-11-20/h4-7,9-12,17,24H,8,13-16,18H2,1-3H3. The van der Waals surface area contributed by atoms with E-state index in [9.17, 15) is 4.79 Å². The lowest BCUT2D eigenvalue weighted by Crippen LogP contribution is -2.33. The van der Waals surface area contributed by atoms with Crippen LogP contribution in [0.5, 0.6) is 11.5 Å². The lowest BCUT2D eigenvalue weighted by molar-refractivity contribution is 0.101. The third kappa shape index (κ3) is 8.15. The molecule has 0 aliphatic rings. The molecule has 2 aromatic rings. The third-order valence-corrected chi connectivity index (χ3v) is 5.88. The number of carbonyl (C=O) groups is 1. The first-order chi connectivity index (χ1) is 13.4. The van der Waals surface area contributed by atoms with E-state index < -0.39 is 8.07 Å². The topological polar surface area (TPSA) is 59.0 Å². The van der Waals surface area contributed by atoms with Gasteiger partial charge in [0.2, 0.25) is 0 Å². The highest BCUT2D eigenvalue weighted by atomic mass is 28.3. The number of carbonyl (C=O) groups excluding carboxylic acids is 1. The summed E-state index contributed by atoms with van der Waals surface area (Å²) >= 11 is 0. The second-order valence-corrected chi connectivity index (χ2v) is 13.6. The molecular formula is C22H31NO4Si. The van der Waals surface area contributed by atoms with Gasteiger partial charge in [0.25, 0.3) is 0 Å². The van der Waals surface area contributed by atoms with Crippen LogP contribution < -0.4 is 4.74 Å². The van der Waals surface area contributed by atoms with E-state index in [1.165, 1.54) is 0 Å². The maximum Gasteiger partial charge on any atom is 0.410 e. The predicted molar refractivity (Wildman–Crippen MR) is 115 cm³/mol. The molecule has 0 aromatic heterocycles. The Morgan fingerprint density at radius 2 is 1.75 bits per heavy atom. The van der Waals surface area contributed by atoms with Crippen LogP contribution >= 0.6 is 0 Å². The zero-order valence-corrected chi connectivity index (χ0v) is 18.1. The fraction of sp³-hybridized carbons (Fsp3) is 0.409. The van der Waals surface area contributed by atoms with Crippen LogP contribution in [0.15, 0.2) is 54.6 Å². The molecule has 0 aliphatic carbocycles. The van der Waals surface area contributed by atoms with Crippen molar-refractivity contribution in [2.75, 3.05) is 19.8 Å². The highest BCUT2D eigenvalue weighted by Crippen LogP contribution is 2.22. The Kier molecular flexibility index (Phi) is 8.54. The molecule has 0 fully saturated rings. The maximum atomic E-state index is 12.5. The Morgan fingerprint density at radius 3 is 2.43 bits per heavy atom. The van der Waals surface area contributed by atoms with Gasteiger partial charge in [-0.25, -0.2) is 4.79 Å². The van der Waals surface area contributed by atoms with Crippen molar-refractivity contribution in [1.82, 2.24) is 4.90 Å². The molecule has 152 valence electrons. The van der Waals surface area contributed by atoms with E-state index in [-0.39, 0.29) is 12.7 Å². The van der Waals surface area contributed by atoms with E-state index in [0.717, 1.165) is 23.1 Å². The van der Waals surface area contributed by atoms with E-state index >= 15 is 0 Å². The minimum atomic E-state index is -1.26. The molecule has 0 aliphatic heterocycles. The maximum absolute atomic E-state index is 12.5. The number of aliphatic hydroxyl groups excluding tert-OH is 1. The third-order valence-electron chi connectivity index (χ3n) is 4.17. The number of benzene rings is 2. The first-order valence-corrected chi connectivity index (χ1v) is 13.4. The second-order valence-electron chi connectivity index (χ2n) is 7.99. The second kappa shape index (κ2) is 10.9. The van der Waals surface area contributed by atoms with Gasteiger partial charge in [0.15, 0.2) is 0 Å². The average molecular weight is 402 g/mol. The first kappa shape index (κ1) is 22.0. The zero-order valence-electron chi connectivity index (χ0n) is 17.1. The quantitative estimate of drug-likeness (QED) is 0.560. The molecule has 0 spiro atoms. The number of aliphatic hydroxyl groups is 1. The minimum Gasteiger partial charge on any atom is -0.457 e. The number of rotatable bonds is 10. The Hall–Kier alpha value is -2.31. The number of amides is 1. The summed E-state index contributed by atoms with van der Waals surface area (Å²) in [5, 5.41) is 9.16. The van der Waals surface area contributed by atoms with Crippen molar-refractivity contribution in [2.24, 2.45) is 0 Å². The van der Waals surface area contributed by atoms with E-state index in [4.69, 9.17) is 14.6 Å². The Balaban J connectivity index is 2.00. The van der Waals surface area contributed by atoms with Gasteiger partial charge in [-0.05, 0) is 42.3 Å². The van der Waals surface area contributed by atoms with Crippen molar-refractivity contribution >= 4 is 14.2 Å². The molecule has 0 radical (unpaired) electrons. The summed E-state index contributed by atoms with van der Waals surface area (Å²) in [6.45, 7) is 8.11. The van der Waals surface area contributed by atoms with Crippen molar-refractivity contribution < 1.29 is 19.4 Å². The van der Waals surface area contributed by atoms with Gasteiger partial charge in [-0.15, -0.1) is 0 Å². The Labute approximate surface area is 168 Å². The molecule has 0 bridgehead atoms. The van der Waals surface area contributed by atoms with Crippen LogP contribution in [0, 0.1) is 0 Å². The fourth-order valence-corrected chi connectivity index (χ4v) is 3.30. The van der Waals surface area contributed by atoms with Gasteiger partial charge in [-0.3, -0.25) is 0 Å². The summed E-state index contributed by atoms with van der Waals surface area (Å²) in [6, 6.07) is 18.2. The van der Waals surface area contributed by atoms with Crippen LogP contribution in [-0.4, -0.2) is 43.9 Å². The Bertz CT molecular complexity index is 731. The van der Waals surface area contributed by atoms with Crippen molar-refractivity contribution in [3.63, 3.8) is 0 Å². The number of hydrogen-bond acceptors (Lipinski definition) is 4. The Morgan fingerprint density at radius 1 is 1.04 bits per heavy atom. The van der Waals surface area contributed by atoms with Gasteiger partial charge in [0.1, 0.15) is 11.5 Å². The highest BCUT2D eigenvalue weighted by molar-refractivity contribution is 6.76. The van der Waals surface area contributed by atoms with Gasteiger partial charge < -0.3 is 19.5 Å². The molecule has 2 rings (SSSR count). The van der Waals surface area contributed by atoms with Crippen LogP contribution in [0.4, 0.5) is 4.79 Å². The molecule has 1 amide bonds. The normalized spacial score (nSPS) is 11.1. The molecule has 2 aromatic carbocycles. The van der Waals surface area contributed by atoms with Crippen LogP contribution in [0.25, 0.3) is 0 Å². The van der Waals surface area contributed by atoms with Crippen molar-refractivity contribution in [1.29, 1.82) is 0 Å². The smallest absolute Gasteiger partial charge is 0.410 e. The largest absolute Gasteiger partial charge is 0.457 e. The van der Waals surface area contributed by atoms with E-state index in [2.05, 4.69) is 19.6 Å². The number of ether oxygens (including phenoxy) is 2. The average Bonchev–Trinajstić information content (AvgIpc) is 2.65. The molecule has 0 saturated carbocycles. The molecule has 5 nitrogen and oxygen atoms in total. The van der Waals surface area contributed by atoms with Crippen molar-refractivity contribution in [3.05, 3.63) is 60.2 Å². The van der Waals surface area contributed by atoms with Crippen molar-refractivity contribution in [2.45, 2.75) is 38.7 Å². The number of hydrogen-bond donors (Lipinski definition) is 1. The highest BCUT2D eigenvalue weighted by Gasteiger charge is 2.18. The van der Waals surface area contributed by atoms with Crippen LogP contribution in [0.2, 0.25) is 25.7 Å². The minimum absolute atomic E-state index is 0.0375. The van der Waals surface area contributed by atoms with Gasteiger partial charge in [-0.1, -0.05) is 50.0 Å². The summed E-state index contributed by atoms with van der Waals surface area (Å²) in [7, 11) is -1.26. The summed E-state index contributed by atoms with van der Waals surface area (Å²) in [5.74, 6) is 1.49. The molecule has 1 N–H and O–H groups in total. The summed E-state index contributed by atoms with van der Waals surface area (Å²) in [4.78, 5) is 14.2. The zero-order chi connectivity index (χ0) is 20.4. The van der Waals surface area contributed by atoms with Crippen LogP contribution in [-0.2, 0) is 11.3 Å². The molecular weight excluding hydrogens is 370 g/mol. The van der Waals surface area contributed by atoms with Crippen LogP contribution in [0.1, 0.15) is 12.0 Å². The van der Waals surface area contributed by atoms with E-state index in [1.807, 2.05) is 54.6 Å². The summed E-state index contributed by atoms with van der Waals surface area (Å²) in [6.07, 6.45) is 0.185. The van der Waals surface area contributed by atoms with Gasteiger partial charge in [0.05, 0.1) is 6.61 Å². The van der Waals surface area contributed by atoms with Gasteiger partial charge in [-0.2, -0.15) is 0 Å². The van der Waals surface area contributed by atoms with Gasteiger partial charge in [0, 0.05) is 27.8 Å². The van der Waals surface area contributed by atoms with Crippen LogP contribution in [0.3, 0.4) is 0 Å². The monoisotopic (exact) mass is 401 g/mol. The molecule has 0 atom stereocenters. The molecule has 0 heterocycles. The summed E-state index contributed by atoms with van der Waals surface area (Å²) in [5.41, 5.74) is 0.952. The molecule has 6 heteroatoms. The van der Waals surface area contributed by atoms with Crippen molar-refractivity contribution in [3.8, 4) is 11.5 Å². The lowest BCUT2D eigenvalue weighted by atomic mass is 10.2. The lowest BCUT2D eigenvalue weighted by Gasteiger charge is -2.23. The number of nitrogens with zero attached hydrogens (tertiary/aromatic N) is 1. The van der Waals surface area contributed by atoms with Gasteiger partial charge >= 0.3 is 6.09 Å². The molecule has 0 saturated heterocycles. The molecule has 0 unspecified atom stereocenters. The van der Waals surface area contributed by atoms with E-state index in [1.54, 1.807) is 4.90 Å². The van der Waals surface area contributed by atoms with E-state index in [0.29, 0.717) is 26.1 Å². The SMILES string of the molecule is C[Si](C)(C)CCOC(=O)N(CCCO)Cc1cccc(Oc2ccccc2)c1.